The van der Waals surface area contributed by atoms with Crippen molar-refractivity contribution in [2.45, 2.75) is 19.4 Å². The normalized spacial score (nSPS) is 16.3. The number of benzene rings is 1. The molecular formula is C13H17NO4. The molecule has 2 N–H and O–H groups in total. The largest absolute Gasteiger partial charge is 0.481 e. The van der Waals surface area contributed by atoms with Crippen LogP contribution in [-0.2, 0) is 4.79 Å². The van der Waals surface area contributed by atoms with E-state index in [1.54, 1.807) is 7.05 Å². The first-order valence-electron chi connectivity index (χ1n) is 5.97. The van der Waals surface area contributed by atoms with E-state index in [9.17, 15) is 9.90 Å². The van der Waals surface area contributed by atoms with E-state index < -0.39 is 11.9 Å². The lowest BCUT2D eigenvalue weighted by atomic mass is 9.91. The van der Waals surface area contributed by atoms with E-state index in [0.29, 0.717) is 17.9 Å². The highest BCUT2D eigenvalue weighted by Gasteiger charge is 2.28. The predicted octanol–water partition coefficient (Wildman–Crippen LogP) is 1.79. The molecule has 0 saturated heterocycles. The summed E-state index contributed by atoms with van der Waals surface area (Å²) in [6.45, 7) is 2.09. The van der Waals surface area contributed by atoms with Gasteiger partial charge in [0.1, 0.15) is 0 Å². The molecule has 0 fully saturated rings. The number of carbonyl (C=O) groups is 1. The van der Waals surface area contributed by atoms with Crippen LogP contribution in [0.25, 0.3) is 0 Å². The lowest BCUT2D eigenvalue weighted by molar-refractivity contribution is -0.143. The topological polar surface area (TPSA) is 67.8 Å². The third-order valence-corrected chi connectivity index (χ3v) is 3.23. The molecule has 18 heavy (non-hydrogen) atoms. The highest BCUT2D eigenvalue weighted by atomic mass is 16.7. The number of hydrogen-bond donors (Lipinski definition) is 2. The molecule has 2 atom stereocenters. The highest BCUT2D eigenvalue weighted by Crippen LogP contribution is 2.36. The smallest absolute Gasteiger partial charge is 0.308 e. The van der Waals surface area contributed by atoms with E-state index >= 15 is 0 Å². The molecule has 0 bridgehead atoms. The van der Waals surface area contributed by atoms with Crippen molar-refractivity contribution >= 4 is 5.97 Å². The summed E-state index contributed by atoms with van der Waals surface area (Å²) in [5.41, 5.74) is 0.899. The molecule has 1 aromatic rings. The summed E-state index contributed by atoms with van der Waals surface area (Å²) in [7, 11) is 1.76. The second kappa shape index (κ2) is 5.27. The van der Waals surface area contributed by atoms with Gasteiger partial charge >= 0.3 is 5.97 Å². The van der Waals surface area contributed by atoms with Gasteiger partial charge in [-0.3, -0.25) is 4.79 Å². The SMILES string of the molecule is CCC(C(=O)O)C(NC)c1ccc2c(c1)OCO2. The number of ether oxygens (including phenoxy) is 2. The van der Waals surface area contributed by atoms with Crippen molar-refractivity contribution in [1.82, 2.24) is 5.32 Å². The molecule has 0 spiro atoms. The van der Waals surface area contributed by atoms with E-state index in [2.05, 4.69) is 5.32 Å². The van der Waals surface area contributed by atoms with Crippen LogP contribution in [0.4, 0.5) is 0 Å². The van der Waals surface area contributed by atoms with Gasteiger partial charge in [0, 0.05) is 6.04 Å². The van der Waals surface area contributed by atoms with Crippen LogP contribution < -0.4 is 14.8 Å². The molecular weight excluding hydrogens is 234 g/mol. The Morgan fingerprint density at radius 3 is 2.78 bits per heavy atom. The fraction of sp³-hybridized carbons (Fsp3) is 0.462. The number of aliphatic carboxylic acids is 1. The predicted molar refractivity (Wildman–Crippen MR) is 65.8 cm³/mol. The van der Waals surface area contributed by atoms with E-state index in [1.807, 2.05) is 25.1 Å². The lowest BCUT2D eigenvalue weighted by Gasteiger charge is -2.23. The number of nitrogens with one attached hydrogen (secondary N) is 1. The van der Waals surface area contributed by atoms with Crippen molar-refractivity contribution in [3.8, 4) is 11.5 Å². The zero-order chi connectivity index (χ0) is 13.1. The Kier molecular flexibility index (Phi) is 3.72. The van der Waals surface area contributed by atoms with Crippen LogP contribution in [0.5, 0.6) is 11.5 Å². The number of rotatable bonds is 5. The molecule has 2 unspecified atom stereocenters. The van der Waals surface area contributed by atoms with Gasteiger partial charge in [-0.25, -0.2) is 0 Å². The Labute approximate surface area is 106 Å². The van der Waals surface area contributed by atoms with Gasteiger partial charge in [0.2, 0.25) is 6.79 Å². The second-order valence-corrected chi connectivity index (χ2v) is 4.23. The van der Waals surface area contributed by atoms with Gasteiger partial charge in [-0.2, -0.15) is 0 Å². The highest BCUT2D eigenvalue weighted by molar-refractivity contribution is 5.71. The summed E-state index contributed by atoms with van der Waals surface area (Å²) < 4.78 is 10.6. The van der Waals surface area contributed by atoms with Crippen LogP contribution in [0.15, 0.2) is 18.2 Å². The van der Waals surface area contributed by atoms with Crippen LogP contribution in [0.3, 0.4) is 0 Å². The summed E-state index contributed by atoms with van der Waals surface area (Å²) >= 11 is 0. The fourth-order valence-electron chi connectivity index (χ4n) is 2.26. The molecule has 1 aromatic carbocycles. The molecule has 0 aliphatic carbocycles. The van der Waals surface area contributed by atoms with E-state index in [-0.39, 0.29) is 12.8 Å². The minimum Gasteiger partial charge on any atom is -0.481 e. The van der Waals surface area contributed by atoms with Crippen molar-refractivity contribution in [2.75, 3.05) is 13.8 Å². The minimum absolute atomic E-state index is 0.221. The average molecular weight is 251 g/mol. The summed E-state index contributed by atoms with van der Waals surface area (Å²) in [4.78, 5) is 11.2. The summed E-state index contributed by atoms with van der Waals surface area (Å²) in [6, 6.07) is 5.30. The molecule has 98 valence electrons. The Balaban J connectivity index is 2.29. The molecule has 2 rings (SSSR count). The summed E-state index contributed by atoms with van der Waals surface area (Å²) in [5, 5.41) is 12.3. The van der Waals surface area contributed by atoms with Gasteiger partial charge in [-0.1, -0.05) is 13.0 Å². The van der Waals surface area contributed by atoms with Crippen molar-refractivity contribution < 1.29 is 19.4 Å². The van der Waals surface area contributed by atoms with Gasteiger partial charge < -0.3 is 19.9 Å². The van der Waals surface area contributed by atoms with E-state index in [0.717, 1.165) is 5.56 Å². The van der Waals surface area contributed by atoms with Gasteiger partial charge in [0.25, 0.3) is 0 Å². The van der Waals surface area contributed by atoms with Crippen molar-refractivity contribution in [2.24, 2.45) is 5.92 Å². The maximum atomic E-state index is 11.2. The van der Waals surface area contributed by atoms with Gasteiger partial charge in [0.05, 0.1) is 5.92 Å². The number of carboxylic acids is 1. The summed E-state index contributed by atoms with van der Waals surface area (Å²) in [5.74, 6) is 0.120. The first kappa shape index (κ1) is 12.7. The molecule has 0 amide bonds. The molecule has 5 nitrogen and oxygen atoms in total. The van der Waals surface area contributed by atoms with Crippen LogP contribution >= 0.6 is 0 Å². The van der Waals surface area contributed by atoms with Gasteiger partial charge in [-0.05, 0) is 31.2 Å². The standard InChI is InChI=1S/C13H17NO4/c1-3-9(13(15)16)12(14-2)8-4-5-10-11(6-8)18-7-17-10/h4-6,9,12,14H,3,7H2,1-2H3,(H,15,16). The molecule has 1 heterocycles. The van der Waals surface area contributed by atoms with Gasteiger partial charge in [0.15, 0.2) is 11.5 Å². The first-order chi connectivity index (χ1) is 8.67. The maximum absolute atomic E-state index is 11.2. The third kappa shape index (κ3) is 2.26. The van der Waals surface area contributed by atoms with Crippen LogP contribution in [0.1, 0.15) is 24.9 Å². The molecule has 0 saturated carbocycles. The van der Waals surface area contributed by atoms with Crippen molar-refractivity contribution in [3.63, 3.8) is 0 Å². The second-order valence-electron chi connectivity index (χ2n) is 4.23. The van der Waals surface area contributed by atoms with Crippen LogP contribution in [0, 0.1) is 5.92 Å². The minimum atomic E-state index is -0.797. The Morgan fingerprint density at radius 2 is 2.17 bits per heavy atom. The molecule has 5 heteroatoms. The van der Waals surface area contributed by atoms with Crippen molar-refractivity contribution in [3.05, 3.63) is 23.8 Å². The number of hydrogen-bond acceptors (Lipinski definition) is 4. The van der Waals surface area contributed by atoms with Crippen molar-refractivity contribution in [1.29, 1.82) is 0 Å². The Morgan fingerprint density at radius 1 is 1.44 bits per heavy atom. The van der Waals surface area contributed by atoms with Gasteiger partial charge in [-0.15, -0.1) is 0 Å². The quantitative estimate of drug-likeness (QED) is 0.835. The zero-order valence-corrected chi connectivity index (χ0v) is 10.5. The molecule has 1 aliphatic rings. The zero-order valence-electron chi connectivity index (χ0n) is 10.5. The van der Waals surface area contributed by atoms with Crippen LogP contribution in [0.2, 0.25) is 0 Å². The Hall–Kier alpha value is -1.75. The number of carboxylic acid groups (broad SMARTS) is 1. The summed E-state index contributed by atoms with van der Waals surface area (Å²) in [6.07, 6.45) is 0.565. The fourth-order valence-corrected chi connectivity index (χ4v) is 2.26. The van der Waals surface area contributed by atoms with Crippen LogP contribution in [-0.4, -0.2) is 24.9 Å². The van der Waals surface area contributed by atoms with E-state index in [4.69, 9.17) is 9.47 Å². The maximum Gasteiger partial charge on any atom is 0.308 e. The lowest BCUT2D eigenvalue weighted by Crippen LogP contribution is -2.30. The first-order valence-corrected chi connectivity index (χ1v) is 5.97. The molecule has 0 radical (unpaired) electrons. The number of fused-ring (bicyclic) bond motifs is 1. The molecule has 1 aliphatic heterocycles. The monoisotopic (exact) mass is 251 g/mol. The van der Waals surface area contributed by atoms with E-state index in [1.165, 1.54) is 0 Å². The third-order valence-electron chi connectivity index (χ3n) is 3.23. The Bertz CT molecular complexity index is 447. The molecule has 0 aromatic heterocycles. The average Bonchev–Trinajstić information content (AvgIpc) is 2.82.